The number of likely N-dealkylation sites (N-methyl/N-ethyl adjacent to an activating group) is 1. The van der Waals surface area contributed by atoms with Crippen molar-refractivity contribution in [3.63, 3.8) is 0 Å². The molecule has 1 aliphatic heterocycles. The van der Waals surface area contributed by atoms with Gasteiger partial charge in [0.1, 0.15) is 0 Å². The van der Waals surface area contributed by atoms with Crippen LogP contribution in [0.4, 0.5) is 11.4 Å². The lowest BCUT2D eigenvalue weighted by Gasteiger charge is -2.29. The molecule has 1 amide bonds. The van der Waals surface area contributed by atoms with Gasteiger partial charge in [0.15, 0.2) is 0 Å². The van der Waals surface area contributed by atoms with Gasteiger partial charge in [-0.05, 0) is 36.2 Å². The number of nitrogens with one attached hydrogen (secondary N) is 1. The number of carbonyl (C=O) groups excluding carboxylic acids is 1. The summed E-state index contributed by atoms with van der Waals surface area (Å²) >= 11 is 0. The van der Waals surface area contributed by atoms with Crippen molar-refractivity contribution in [2.75, 3.05) is 17.3 Å². The van der Waals surface area contributed by atoms with Crippen LogP contribution in [0.5, 0.6) is 0 Å². The summed E-state index contributed by atoms with van der Waals surface area (Å²) in [5.74, 6) is -0.180. The van der Waals surface area contributed by atoms with Crippen LogP contribution in [0.3, 0.4) is 0 Å². The molecule has 2 aromatic rings. The number of benzene rings is 2. The van der Waals surface area contributed by atoms with Crippen LogP contribution in [-0.4, -0.2) is 25.0 Å². The molecule has 1 unspecified atom stereocenters. The second kappa shape index (κ2) is 6.96. The Balaban J connectivity index is 1.75. The third-order valence-corrected chi connectivity index (χ3v) is 5.20. The Labute approximate surface area is 155 Å². The lowest BCUT2D eigenvalue weighted by Crippen LogP contribution is -2.37. The third kappa shape index (κ3) is 3.37. The first-order chi connectivity index (χ1) is 12.3. The van der Waals surface area contributed by atoms with Gasteiger partial charge < -0.3 is 16.0 Å². The quantitative estimate of drug-likeness (QED) is 0.883. The van der Waals surface area contributed by atoms with Gasteiger partial charge in [-0.1, -0.05) is 56.3 Å². The largest absolute Gasteiger partial charge is 0.367 e. The van der Waals surface area contributed by atoms with Gasteiger partial charge in [-0.15, -0.1) is 0 Å². The predicted octanol–water partition coefficient (Wildman–Crippen LogP) is 3.78. The number of anilines is 2. The summed E-state index contributed by atoms with van der Waals surface area (Å²) in [5.41, 5.74) is 10.2. The third-order valence-electron chi connectivity index (χ3n) is 5.20. The molecule has 0 spiro atoms. The molecule has 1 heterocycles. The van der Waals surface area contributed by atoms with Crippen LogP contribution in [-0.2, 0) is 10.2 Å². The highest BCUT2D eigenvalue weighted by Crippen LogP contribution is 2.44. The molecule has 4 heteroatoms. The van der Waals surface area contributed by atoms with E-state index in [9.17, 15) is 4.79 Å². The maximum absolute atomic E-state index is 11.7. The Morgan fingerprint density at radius 1 is 1.19 bits per heavy atom. The van der Waals surface area contributed by atoms with Crippen LogP contribution in [0.15, 0.2) is 54.6 Å². The maximum atomic E-state index is 11.7. The van der Waals surface area contributed by atoms with E-state index in [2.05, 4.69) is 67.5 Å². The number of para-hydroxylation sites is 1. The van der Waals surface area contributed by atoms with Crippen molar-refractivity contribution in [3.8, 4) is 0 Å². The molecule has 2 atom stereocenters. The molecule has 0 fully saturated rings. The smallest absolute Gasteiger partial charge is 0.240 e. The zero-order valence-corrected chi connectivity index (χ0v) is 15.9. The first-order valence-electron chi connectivity index (χ1n) is 8.98. The number of amides is 1. The van der Waals surface area contributed by atoms with Crippen molar-refractivity contribution in [2.45, 2.75) is 38.3 Å². The minimum absolute atomic E-state index is 0.0486. The molecular weight excluding hydrogens is 322 g/mol. The molecule has 1 aliphatic rings. The van der Waals surface area contributed by atoms with Crippen LogP contribution in [0, 0.1) is 0 Å². The number of hydrogen-bond donors (Lipinski definition) is 2. The van der Waals surface area contributed by atoms with Crippen molar-refractivity contribution in [1.29, 1.82) is 0 Å². The normalized spacial score (nSPS) is 19.4. The monoisotopic (exact) mass is 349 g/mol. The van der Waals surface area contributed by atoms with Crippen LogP contribution < -0.4 is 16.0 Å². The summed E-state index contributed by atoms with van der Waals surface area (Å²) in [7, 11) is 2.15. The van der Waals surface area contributed by atoms with Crippen LogP contribution in [0.1, 0.15) is 31.9 Å². The van der Waals surface area contributed by atoms with Crippen LogP contribution in [0.2, 0.25) is 0 Å². The summed E-state index contributed by atoms with van der Waals surface area (Å²) in [4.78, 5) is 14.0. The molecule has 0 aliphatic carbocycles. The molecule has 0 saturated carbocycles. The highest BCUT2D eigenvalue weighted by Gasteiger charge is 2.41. The number of nitrogens with zero attached hydrogens (tertiary/aromatic N) is 1. The molecule has 136 valence electrons. The van der Waals surface area contributed by atoms with Gasteiger partial charge in [0.2, 0.25) is 5.91 Å². The highest BCUT2D eigenvalue weighted by atomic mass is 16.2. The van der Waals surface area contributed by atoms with E-state index in [1.54, 1.807) is 6.92 Å². The number of hydrogen-bond acceptors (Lipinski definition) is 3. The van der Waals surface area contributed by atoms with Crippen LogP contribution >= 0.6 is 0 Å². The fourth-order valence-corrected chi connectivity index (χ4v) is 3.62. The fraction of sp³-hybridized carbons (Fsp3) is 0.318. The van der Waals surface area contributed by atoms with Gasteiger partial charge >= 0.3 is 0 Å². The van der Waals surface area contributed by atoms with E-state index >= 15 is 0 Å². The second-order valence-corrected chi connectivity index (χ2v) is 7.55. The van der Waals surface area contributed by atoms with Gasteiger partial charge in [0.05, 0.1) is 12.1 Å². The summed E-state index contributed by atoms with van der Waals surface area (Å²) in [5, 5.41) is 2.80. The average molecular weight is 349 g/mol. The summed E-state index contributed by atoms with van der Waals surface area (Å²) in [6, 6.07) is 16.2. The Morgan fingerprint density at radius 2 is 1.85 bits per heavy atom. The van der Waals surface area contributed by atoms with E-state index in [0.717, 1.165) is 11.3 Å². The topological polar surface area (TPSA) is 58.4 Å². The predicted molar refractivity (Wildman–Crippen MR) is 109 cm³/mol. The SMILES string of the molecule is C[C@@H](N)C(=O)Nc1ccc(/C=C/C2N(C)c3ccccc3C2(C)C)cc1. The number of rotatable bonds is 4. The fourth-order valence-electron chi connectivity index (χ4n) is 3.62. The first-order valence-corrected chi connectivity index (χ1v) is 8.98. The van der Waals surface area contributed by atoms with E-state index in [1.807, 2.05) is 24.3 Å². The van der Waals surface area contributed by atoms with Gasteiger partial charge in [0.25, 0.3) is 0 Å². The van der Waals surface area contributed by atoms with E-state index in [0.29, 0.717) is 0 Å². The van der Waals surface area contributed by atoms with Crippen molar-refractivity contribution < 1.29 is 4.79 Å². The zero-order chi connectivity index (χ0) is 18.9. The number of fused-ring (bicyclic) bond motifs is 1. The molecule has 26 heavy (non-hydrogen) atoms. The van der Waals surface area contributed by atoms with E-state index in [-0.39, 0.29) is 17.4 Å². The summed E-state index contributed by atoms with van der Waals surface area (Å²) in [6.07, 6.45) is 4.40. The molecule has 0 aromatic heterocycles. The van der Waals surface area contributed by atoms with E-state index in [1.165, 1.54) is 11.3 Å². The zero-order valence-electron chi connectivity index (χ0n) is 15.9. The second-order valence-electron chi connectivity index (χ2n) is 7.55. The molecule has 0 radical (unpaired) electrons. The number of nitrogens with two attached hydrogens (primary N) is 1. The lowest BCUT2D eigenvalue weighted by atomic mass is 9.80. The number of carbonyl (C=O) groups is 1. The van der Waals surface area contributed by atoms with Gasteiger partial charge in [-0.3, -0.25) is 4.79 Å². The van der Waals surface area contributed by atoms with Gasteiger partial charge in [0, 0.05) is 23.8 Å². The average Bonchev–Trinajstić information content (AvgIpc) is 2.81. The molecule has 4 nitrogen and oxygen atoms in total. The van der Waals surface area contributed by atoms with Crippen molar-refractivity contribution in [2.24, 2.45) is 5.73 Å². The molecule has 2 aromatic carbocycles. The minimum Gasteiger partial charge on any atom is -0.367 e. The van der Waals surface area contributed by atoms with Crippen LogP contribution in [0.25, 0.3) is 6.08 Å². The molecule has 0 saturated heterocycles. The van der Waals surface area contributed by atoms with E-state index < -0.39 is 6.04 Å². The molecule has 0 bridgehead atoms. The summed E-state index contributed by atoms with van der Waals surface area (Å²) < 4.78 is 0. The van der Waals surface area contributed by atoms with Crippen molar-refractivity contribution in [3.05, 3.63) is 65.7 Å². The molecule has 3 N–H and O–H groups in total. The maximum Gasteiger partial charge on any atom is 0.240 e. The lowest BCUT2D eigenvalue weighted by molar-refractivity contribution is -0.117. The first kappa shape index (κ1) is 18.2. The Hall–Kier alpha value is -2.59. The molecule has 3 rings (SSSR count). The Morgan fingerprint density at radius 3 is 2.46 bits per heavy atom. The highest BCUT2D eigenvalue weighted by molar-refractivity contribution is 5.94. The Bertz CT molecular complexity index is 822. The Kier molecular flexibility index (Phi) is 4.88. The van der Waals surface area contributed by atoms with Crippen molar-refractivity contribution >= 4 is 23.4 Å². The van der Waals surface area contributed by atoms with E-state index in [4.69, 9.17) is 5.73 Å². The van der Waals surface area contributed by atoms with Gasteiger partial charge in [-0.25, -0.2) is 0 Å². The van der Waals surface area contributed by atoms with Gasteiger partial charge in [-0.2, -0.15) is 0 Å². The standard InChI is InChI=1S/C22H27N3O/c1-15(23)21(26)24-17-12-9-16(10-13-17)11-14-20-22(2,3)18-7-5-6-8-19(18)25(20)4/h5-15,20H,23H2,1-4H3,(H,24,26)/b14-11+/t15-,20?/m1/s1. The molecular formula is C22H27N3O. The minimum atomic E-state index is -0.517. The van der Waals surface area contributed by atoms with Crippen molar-refractivity contribution in [1.82, 2.24) is 0 Å². The summed E-state index contributed by atoms with van der Waals surface area (Å²) in [6.45, 7) is 6.25.